The molecule has 0 saturated carbocycles. The second-order valence-electron chi connectivity index (χ2n) is 5.02. The van der Waals surface area contributed by atoms with Crippen molar-refractivity contribution in [1.82, 2.24) is 4.90 Å². The summed E-state index contributed by atoms with van der Waals surface area (Å²) in [5, 5.41) is 2.07. The molecule has 2 heterocycles. The topological polar surface area (TPSA) is 29.5 Å². The van der Waals surface area contributed by atoms with E-state index in [0.717, 1.165) is 29.6 Å². The molecule has 21 heavy (non-hydrogen) atoms. The number of halogens is 1. The summed E-state index contributed by atoms with van der Waals surface area (Å²) in [5.74, 6) is 0.831. The van der Waals surface area contributed by atoms with Crippen LogP contribution in [0.3, 0.4) is 0 Å². The van der Waals surface area contributed by atoms with Crippen LogP contribution >= 0.6 is 27.3 Å². The fourth-order valence-electron chi connectivity index (χ4n) is 2.75. The van der Waals surface area contributed by atoms with Gasteiger partial charge in [0.2, 0.25) is 0 Å². The number of benzene rings is 1. The zero-order valence-electron chi connectivity index (χ0n) is 11.7. The molecular weight excluding hydrogens is 350 g/mol. The first-order valence-corrected chi connectivity index (χ1v) is 8.56. The SMILES string of the molecule is COc1ccc(C(=O)N2CCCC2c2cccs2)cc1Br. The van der Waals surface area contributed by atoms with Crippen molar-refractivity contribution in [1.29, 1.82) is 0 Å². The molecule has 5 heteroatoms. The van der Waals surface area contributed by atoms with Gasteiger partial charge < -0.3 is 9.64 Å². The molecule has 0 spiro atoms. The molecular formula is C16H16BrNO2S. The summed E-state index contributed by atoms with van der Waals surface area (Å²) in [6.45, 7) is 0.824. The molecule has 3 rings (SSSR count). The van der Waals surface area contributed by atoms with E-state index in [1.807, 2.05) is 29.2 Å². The van der Waals surface area contributed by atoms with Gasteiger partial charge in [-0.25, -0.2) is 0 Å². The third kappa shape index (κ3) is 2.85. The Kier molecular flexibility index (Phi) is 4.31. The summed E-state index contributed by atoms with van der Waals surface area (Å²) in [7, 11) is 1.62. The van der Waals surface area contributed by atoms with Crippen LogP contribution in [0.5, 0.6) is 5.75 Å². The molecule has 1 aliphatic rings. The molecule has 1 aliphatic heterocycles. The van der Waals surface area contributed by atoms with Crippen LogP contribution in [-0.4, -0.2) is 24.5 Å². The van der Waals surface area contributed by atoms with Gasteiger partial charge in [0.1, 0.15) is 5.75 Å². The van der Waals surface area contributed by atoms with E-state index in [2.05, 4.69) is 27.4 Å². The fourth-order valence-corrected chi connectivity index (χ4v) is 4.17. The summed E-state index contributed by atoms with van der Waals surface area (Å²) in [5.41, 5.74) is 0.700. The van der Waals surface area contributed by atoms with Crippen LogP contribution < -0.4 is 4.74 Å². The van der Waals surface area contributed by atoms with E-state index in [1.165, 1.54) is 4.88 Å². The number of methoxy groups -OCH3 is 1. The van der Waals surface area contributed by atoms with Crippen LogP contribution in [0.15, 0.2) is 40.2 Å². The van der Waals surface area contributed by atoms with Crippen molar-refractivity contribution in [3.8, 4) is 5.75 Å². The van der Waals surface area contributed by atoms with Gasteiger partial charge in [-0.1, -0.05) is 6.07 Å². The Morgan fingerprint density at radius 3 is 2.95 bits per heavy atom. The Morgan fingerprint density at radius 2 is 2.29 bits per heavy atom. The third-order valence-corrected chi connectivity index (χ3v) is 5.38. The summed E-state index contributed by atoms with van der Waals surface area (Å²) in [4.78, 5) is 16.0. The van der Waals surface area contributed by atoms with Crippen molar-refractivity contribution in [3.05, 3.63) is 50.6 Å². The normalized spacial score (nSPS) is 18.0. The lowest BCUT2D eigenvalue weighted by molar-refractivity contribution is 0.0738. The maximum atomic E-state index is 12.8. The maximum Gasteiger partial charge on any atom is 0.254 e. The Morgan fingerprint density at radius 1 is 1.43 bits per heavy atom. The van der Waals surface area contributed by atoms with Gasteiger partial charge >= 0.3 is 0 Å². The number of carbonyl (C=O) groups excluding carboxylic acids is 1. The lowest BCUT2D eigenvalue weighted by Gasteiger charge is -2.24. The molecule has 1 unspecified atom stereocenters. The summed E-state index contributed by atoms with van der Waals surface area (Å²) >= 11 is 5.17. The number of likely N-dealkylation sites (tertiary alicyclic amines) is 1. The highest BCUT2D eigenvalue weighted by atomic mass is 79.9. The number of hydrogen-bond acceptors (Lipinski definition) is 3. The van der Waals surface area contributed by atoms with Crippen LogP contribution in [0, 0.1) is 0 Å². The average molecular weight is 366 g/mol. The molecule has 1 atom stereocenters. The lowest BCUT2D eigenvalue weighted by atomic mass is 10.1. The van der Waals surface area contributed by atoms with E-state index in [9.17, 15) is 4.79 Å². The van der Waals surface area contributed by atoms with Crippen molar-refractivity contribution in [2.45, 2.75) is 18.9 Å². The van der Waals surface area contributed by atoms with E-state index in [-0.39, 0.29) is 11.9 Å². The van der Waals surface area contributed by atoms with Crippen molar-refractivity contribution in [2.75, 3.05) is 13.7 Å². The van der Waals surface area contributed by atoms with Gasteiger partial charge in [0.05, 0.1) is 17.6 Å². The number of rotatable bonds is 3. The number of thiophene rings is 1. The van der Waals surface area contributed by atoms with Crippen molar-refractivity contribution >= 4 is 33.2 Å². The van der Waals surface area contributed by atoms with E-state index in [1.54, 1.807) is 18.4 Å². The summed E-state index contributed by atoms with van der Waals surface area (Å²) in [6.07, 6.45) is 2.11. The molecule has 2 aromatic rings. The minimum atomic E-state index is 0.0919. The van der Waals surface area contributed by atoms with Crippen molar-refractivity contribution in [2.24, 2.45) is 0 Å². The lowest BCUT2D eigenvalue weighted by Crippen LogP contribution is -2.30. The number of hydrogen-bond donors (Lipinski definition) is 0. The van der Waals surface area contributed by atoms with Crippen LogP contribution in [0.1, 0.15) is 34.1 Å². The molecule has 110 valence electrons. The maximum absolute atomic E-state index is 12.8. The first kappa shape index (κ1) is 14.6. The zero-order valence-corrected chi connectivity index (χ0v) is 14.1. The van der Waals surface area contributed by atoms with Crippen LogP contribution in [-0.2, 0) is 0 Å². The largest absolute Gasteiger partial charge is 0.496 e. The summed E-state index contributed by atoms with van der Waals surface area (Å²) in [6, 6.07) is 9.88. The minimum absolute atomic E-state index is 0.0919. The second-order valence-corrected chi connectivity index (χ2v) is 6.85. The number of ether oxygens (including phenoxy) is 1. The number of nitrogens with zero attached hydrogens (tertiary/aromatic N) is 1. The van der Waals surface area contributed by atoms with Gasteiger partial charge in [-0.15, -0.1) is 11.3 Å². The molecule has 3 nitrogen and oxygen atoms in total. The standard InChI is InChI=1S/C16H16BrNO2S/c1-20-14-7-6-11(10-12(14)17)16(19)18-8-2-4-13(18)15-5-3-9-21-15/h3,5-7,9-10,13H,2,4,8H2,1H3. The highest BCUT2D eigenvalue weighted by Crippen LogP contribution is 2.36. The highest BCUT2D eigenvalue weighted by molar-refractivity contribution is 9.10. The van der Waals surface area contributed by atoms with E-state index >= 15 is 0 Å². The minimum Gasteiger partial charge on any atom is -0.496 e. The molecule has 1 aromatic carbocycles. The van der Waals surface area contributed by atoms with Crippen LogP contribution in [0.4, 0.5) is 0 Å². The average Bonchev–Trinajstić information content (AvgIpc) is 3.16. The smallest absolute Gasteiger partial charge is 0.254 e. The molecule has 0 aliphatic carbocycles. The Hall–Kier alpha value is -1.33. The van der Waals surface area contributed by atoms with Crippen molar-refractivity contribution < 1.29 is 9.53 Å². The predicted molar refractivity (Wildman–Crippen MR) is 88.0 cm³/mol. The van der Waals surface area contributed by atoms with E-state index in [4.69, 9.17) is 4.74 Å². The molecule has 1 aromatic heterocycles. The van der Waals surface area contributed by atoms with Crippen molar-refractivity contribution in [3.63, 3.8) is 0 Å². The molecule has 1 saturated heterocycles. The monoisotopic (exact) mass is 365 g/mol. The second kappa shape index (κ2) is 6.20. The fraction of sp³-hybridized carbons (Fsp3) is 0.312. The molecule has 1 amide bonds. The van der Waals surface area contributed by atoms with Gasteiger partial charge in [0.25, 0.3) is 5.91 Å². The van der Waals surface area contributed by atoms with Gasteiger partial charge in [-0.2, -0.15) is 0 Å². The van der Waals surface area contributed by atoms with Crippen LogP contribution in [0.2, 0.25) is 0 Å². The highest BCUT2D eigenvalue weighted by Gasteiger charge is 2.31. The Bertz CT molecular complexity index is 642. The van der Waals surface area contributed by atoms with E-state index < -0.39 is 0 Å². The molecule has 0 N–H and O–H groups in total. The first-order valence-electron chi connectivity index (χ1n) is 6.88. The molecule has 0 bridgehead atoms. The van der Waals surface area contributed by atoms with Gasteiger partial charge in [-0.3, -0.25) is 4.79 Å². The number of amides is 1. The van der Waals surface area contributed by atoms with Gasteiger partial charge in [-0.05, 0) is 58.4 Å². The van der Waals surface area contributed by atoms with Gasteiger partial charge in [0, 0.05) is 17.0 Å². The first-order chi connectivity index (χ1) is 10.2. The summed E-state index contributed by atoms with van der Waals surface area (Å²) < 4.78 is 6.02. The Labute approximate surface area is 136 Å². The Balaban J connectivity index is 1.86. The van der Waals surface area contributed by atoms with E-state index in [0.29, 0.717) is 5.56 Å². The quantitative estimate of drug-likeness (QED) is 0.801. The van der Waals surface area contributed by atoms with Gasteiger partial charge in [0.15, 0.2) is 0 Å². The van der Waals surface area contributed by atoms with Crippen LogP contribution in [0.25, 0.3) is 0 Å². The number of carbonyl (C=O) groups is 1. The third-order valence-electron chi connectivity index (χ3n) is 3.78. The molecule has 1 fully saturated rings. The predicted octanol–water partition coefficient (Wildman–Crippen LogP) is 4.50. The molecule has 0 radical (unpaired) electrons. The zero-order chi connectivity index (χ0) is 14.8.